The fourth-order valence-electron chi connectivity index (χ4n) is 17.1. The van der Waals surface area contributed by atoms with E-state index < -0.39 is 278 Å². The van der Waals surface area contributed by atoms with Gasteiger partial charge in [0.05, 0.1) is 70.0 Å². The van der Waals surface area contributed by atoms with E-state index in [9.17, 15) is 121 Å². The van der Waals surface area contributed by atoms with Crippen molar-refractivity contribution in [1.82, 2.24) is 16.0 Å². The second-order valence-corrected chi connectivity index (χ2v) is 34.9. The normalized spacial score (nSPS) is 34.9. The smallest absolute Gasteiger partial charge is 0.364 e. The van der Waals surface area contributed by atoms with Gasteiger partial charge in [-0.3, -0.25) is 14.4 Å². The highest BCUT2D eigenvalue weighted by molar-refractivity contribution is 5.78. The fraction of sp³-hybridized carbons (Fsp3) is 0.931. The van der Waals surface area contributed by atoms with Gasteiger partial charge < -0.3 is 175 Å². The van der Waals surface area contributed by atoms with Crippen molar-refractivity contribution in [3.63, 3.8) is 0 Å². The lowest BCUT2D eigenvalue weighted by atomic mass is 9.88. The molecule has 39 heteroatoms. The van der Waals surface area contributed by atoms with Crippen molar-refractivity contribution in [2.24, 2.45) is 0 Å². The Morgan fingerprint density at radius 2 is 0.873 bits per heavy atom. The van der Waals surface area contributed by atoms with E-state index in [1.54, 1.807) is 6.08 Å². The van der Waals surface area contributed by atoms with Gasteiger partial charge in [-0.15, -0.1) is 0 Å². The number of carbonyl (C=O) groups is 4. The Labute approximate surface area is 740 Å². The molecule has 0 radical (unpaired) electrons. The van der Waals surface area contributed by atoms with Crippen LogP contribution in [0, 0.1) is 0 Å². The molecule has 736 valence electrons. The second-order valence-electron chi connectivity index (χ2n) is 34.9. The lowest BCUT2D eigenvalue weighted by Gasteiger charge is -2.53. The minimum absolute atomic E-state index is 0.112. The van der Waals surface area contributed by atoms with Crippen molar-refractivity contribution in [1.29, 1.82) is 0 Å². The van der Waals surface area contributed by atoms with E-state index in [2.05, 4.69) is 29.8 Å². The summed E-state index contributed by atoms with van der Waals surface area (Å²) < 4.78 is 72.6. The van der Waals surface area contributed by atoms with Crippen molar-refractivity contribution >= 4 is 23.7 Å². The molecule has 12 unspecified atom stereocenters. The number of amides is 3. The third-order valence-corrected chi connectivity index (χ3v) is 24.8. The molecule has 0 spiro atoms. The molecule has 0 aromatic heterocycles. The zero-order chi connectivity index (χ0) is 92.4. The molecule has 23 N–H and O–H groups in total. The number of allylic oxidation sites excluding steroid dienone is 1. The average Bonchev–Trinajstić information content (AvgIpc) is 0.745. The molecule has 0 aliphatic carbocycles. The number of nitrogens with one attached hydrogen (secondary N) is 3. The van der Waals surface area contributed by atoms with Gasteiger partial charge in [-0.25, -0.2) is 4.79 Å². The Morgan fingerprint density at radius 1 is 0.437 bits per heavy atom. The molecule has 0 bridgehead atoms. The fourth-order valence-corrected chi connectivity index (χ4v) is 17.1. The van der Waals surface area contributed by atoms with Gasteiger partial charge >= 0.3 is 5.97 Å². The van der Waals surface area contributed by atoms with Crippen LogP contribution < -0.4 is 16.0 Å². The summed E-state index contributed by atoms with van der Waals surface area (Å²) >= 11 is 0. The van der Waals surface area contributed by atoms with E-state index in [0.717, 1.165) is 71.1 Å². The van der Waals surface area contributed by atoms with E-state index in [1.165, 1.54) is 161 Å². The molecule has 39 nitrogen and oxygen atoms in total. The number of hydrogen-bond acceptors (Lipinski definition) is 35. The van der Waals surface area contributed by atoms with Gasteiger partial charge in [0.15, 0.2) is 31.5 Å². The van der Waals surface area contributed by atoms with Crippen molar-refractivity contribution in [3.05, 3.63) is 12.2 Å². The first-order valence-electron chi connectivity index (χ1n) is 46.6. The molecular formula is C87H157N3O36. The molecule has 6 rings (SSSR count). The summed E-state index contributed by atoms with van der Waals surface area (Å²) in [5.74, 6) is -8.37. The van der Waals surface area contributed by atoms with E-state index in [-0.39, 0.29) is 6.42 Å². The van der Waals surface area contributed by atoms with E-state index in [4.69, 9.17) is 56.8 Å². The van der Waals surface area contributed by atoms with Gasteiger partial charge in [-0.2, -0.15) is 0 Å². The SMILES string of the molecule is CCCCCCCCCCCCC/C=C/[C@@H](O)[C@H](CO[C@@H]1OC(CO)[C@@H](O[C@@H]2OC(CO)[C@H](O[C@@H]3OC(CO)[C@H](O)[C@H](O[C@@H]4OC(CO)[C@H](O)[C@H](O)C4O[C@H]4OC(C)[C@@H](O)C(O)[C@@H]4O)C3NC(C)=O)[C@H](O[C@]3(C(=O)O)CC(O)[C@@H](NC(=O)CO)C([C@H](O)[C@H](O)CO)O3)C2O)[C@H](O)C1O)NC(=O)CCCCCCCCCCCCCCCCCCCCCCCCC. The number of rotatable bonds is 63. The van der Waals surface area contributed by atoms with Crippen LogP contribution >= 0.6 is 0 Å². The van der Waals surface area contributed by atoms with Crippen molar-refractivity contribution in [3.8, 4) is 0 Å². The third kappa shape index (κ3) is 34.7. The molecule has 6 fully saturated rings. The number of ether oxygens (including phenoxy) is 12. The summed E-state index contributed by atoms with van der Waals surface area (Å²) in [5.41, 5.74) is 0. The van der Waals surface area contributed by atoms with Gasteiger partial charge in [0.2, 0.25) is 17.7 Å². The molecule has 0 aromatic carbocycles. The summed E-state index contributed by atoms with van der Waals surface area (Å²) in [6, 6.07) is -5.17. The van der Waals surface area contributed by atoms with Gasteiger partial charge in [0, 0.05) is 19.8 Å². The Hall–Kier alpha value is -3.62. The molecule has 6 aliphatic heterocycles. The van der Waals surface area contributed by atoms with Gasteiger partial charge in [0.1, 0.15) is 141 Å². The molecular weight excluding hydrogens is 1660 g/mol. The number of aliphatic carboxylic acids is 1. The van der Waals surface area contributed by atoms with E-state index in [0.29, 0.717) is 12.8 Å². The van der Waals surface area contributed by atoms with Crippen LogP contribution in [0.5, 0.6) is 0 Å². The Morgan fingerprint density at radius 3 is 1.37 bits per heavy atom. The number of carboxylic acid groups (broad SMARTS) is 1. The van der Waals surface area contributed by atoms with E-state index in [1.807, 2.05) is 0 Å². The molecule has 3 amide bonds. The van der Waals surface area contributed by atoms with Crippen LogP contribution in [0.25, 0.3) is 0 Å². The van der Waals surface area contributed by atoms with Crippen LogP contribution in [0.2, 0.25) is 0 Å². The van der Waals surface area contributed by atoms with Crippen LogP contribution in [0.4, 0.5) is 0 Å². The molecule has 0 saturated carbocycles. The molecule has 6 heterocycles. The predicted molar refractivity (Wildman–Crippen MR) is 448 cm³/mol. The standard InChI is InChI=1S/C87H157N3O36/c1-5-7-9-11-13-15-17-19-20-21-22-23-24-25-26-27-28-30-32-34-36-38-40-42-61(101)89-53(54(98)41-39-37-35-33-31-29-18-16-14-12-10-8-6-2)50-115-82-73(111)71(109)75(59(47-94)119-82)121-84-74(112)79(126-87(86(113)114)43-55(99)63(90-62(102)49-96)78(125-87)66(104)56(100)44-91)76(60(48-95)120-84)122-81-64(88-52(4)97)77(68(106)58(46-93)117-81)123-85-80(70(108)67(105)57(45-92)118-85)124-83-72(110)69(107)65(103)51(3)116-83/h39,41,51,53-60,63-85,91-96,98-100,103-112H,5-38,40,42-50H2,1-4H3,(H,88,97)(H,89,101)(H,90,102)(H,113,114)/b41-39+/t51?,53-,54+,55?,56+,57?,58?,59?,60?,63+,64?,65+,66+,67-,68-,69?,70-,71+,72-,73?,74?,75+,76-,77+,78?,79+,80?,81-,82+,83+,84-,85-,87-/m0/s1. The maximum absolute atomic E-state index is 14.0. The summed E-state index contributed by atoms with van der Waals surface area (Å²) in [6.45, 7) is -1.06. The van der Waals surface area contributed by atoms with Crippen molar-refractivity contribution in [2.75, 3.05) is 46.2 Å². The summed E-state index contributed by atoms with van der Waals surface area (Å²) in [4.78, 5) is 53.9. The molecule has 126 heavy (non-hydrogen) atoms. The molecule has 0 aromatic rings. The second kappa shape index (κ2) is 59.9. The highest BCUT2D eigenvalue weighted by Gasteiger charge is 2.63. The topological polar surface area (TPSA) is 620 Å². The zero-order valence-corrected chi connectivity index (χ0v) is 74.2. The average molecular weight is 1820 g/mol. The number of hydrogen-bond donors (Lipinski definition) is 23. The number of carbonyl (C=O) groups excluding carboxylic acids is 3. The van der Waals surface area contributed by atoms with Gasteiger partial charge in [-0.1, -0.05) is 231 Å². The first-order chi connectivity index (χ1) is 60.5. The highest BCUT2D eigenvalue weighted by atomic mass is 16.8. The first-order valence-corrected chi connectivity index (χ1v) is 46.6. The summed E-state index contributed by atoms with van der Waals surface area (Å²) in [5, 5.41) is 232. The minimum atomic E-state index is -3.50. The number of carboxylic acids is 1. The van der Waals surface area contributed by atoms with Crippen LogP contribution in [-0.2, 0) is 76.0 Å². The third-order valence-electron chi connectivity index (χ3n) is 24.8. The predicted octanol–water partition coefficient (Wildman–Crippen LogP) is -0.0974. The first kappa shape index (κ1) is 111. The Bertz CT molecular complexity index is 2980. The van der Waals surface area contributed by atoms with Gasteiger partial charge in [-0.05, 0) is 26.2 Å². The van der Waals surface area contributed by atoms with Crippen LogP contribution in [0.1, 0.15) is 265 Å². The monoisotopic (exact) mass is 1820 g/mol. The highest BCUT2D eigenvalue weighted by Crippen LogP contribution is 2.42. The quantitative estimate of drug-likeness (QED) is 0.0279. The van der Waals surface area contributed by atoms with Gasteiger partial charge in [0.25, 0.3) is 5.79 Å². The Kier molecular flexibility index (Phi) is 52.8. The molecule has 6 aliphatic rings. The number of unbranched alkanes of at least 4 members (excludes halogenated alkanes) is 33. The van der Waals surface area contributed by atoms with Crippen molar-refractivity contribution < 1.29 is 178 Å². The minimum Gasteiger partial charge on any atom is -0.477 e. The summed E-state index contributed by atoms with van der Waals surface area (Å²) in [7, 11) is 0. The van der Waals surface area contributed by atoms with Crippen LogP contribution in [-0.4, -0.2) is 374 Å². The lowest BCUT2D eigenvalue weighted by molar-refractivity contribution is -0.405. The maximum atomic E-state index is 14.0. The summed E-state index contributed by atoms with van der Waals surface area (Å²) in [6.07, 6.45) is -17.5. The maximum Gasteiger partial charge on any atom is 0.364 e. The van der Waals surface area contributed by atoms with E-state index >= 15 is 0 Å². The van der Waals surface area contributed by atoms with Crippen LogP contribution in [0.15, 0.2) is 12.2 Å². The molecule has 6 saturated heterocycles. The Balaban J connectivity index is 1.21. The lowest BCUT2D eigenvalue weighted by Crippen LogP contribution is -2.72. The molecule has 33 atom stereocenters. The van der Waals surface area contributed by atoms with Crippen molar-refractivity contribution in [2.45, 2.75) is 467 Å². The number of aliphatic hydroxyl groups is 19. The largest absolute Gasteiger partial charge is 0.477 e. The number of aliphatic hydroxyl groups excluding tert-OH is 19. The zero-order valence-electron chi connectivity index (χ0n) is 74.2. The van der Waals surface area contributed by atoms with Crippen LogP contribution in [0.3, 0.4) is 0 Å².